The van der Waals surface area contributed by atoms with Gasteiger partial charge in [0.05, 0.1) is 12.7 Å². The third kappa shape index (κ3) is 3.99. The number of para-hydroxylation sites is 1. The summed E-state index contributed by atoms with van der Waals surface area (Å²) in [7, 11) is 1.36. The molecule has 146 valence electrons. The van der Waals surface area contributed by atoms with Crippen molar-refractivity contribution >= 4 is 33.6 Å². The van der Waals surface area contributed by atoms with Gasteiger partial charge in [0.1, 0.15) is 6.54 Å². The van der Waals surface area contributed by atoms with Gasteiger partial charge in [-0.1, -0.05) is 60.7 Å². The van der Waals surface area contributed by atoms with Crippen molar-refractivity contribution in [3.63, 3.8) is 0 Å². The number of rotatable bonds is 6. The van der Waals surface area contributed by atoms with Gasteiger partial charge in [-0.05, 0) is 28.8 Å². The lowest BCUT2D eigenvalue weighted by Crippen LogP contribution is -2.29. The number of methoxy groups -OCH3 is 1. The van der Waals surface area contributed by atoms with Crippen LogP contribution in [-0.2, 0) is 22.5 Å². The van der Waals surface area contributed by atoms with E-state index in [1.165, 1.54) is 23.4 Å². The number of benzene rings is 3. The smallest absolute Gasteiger partial charge is 0.340 e. The zero-order valence-corrected chi connectivity index (χ0v) is 16.2. The zero-order chi connectivity index (χ0) is 20.2. The van der Waals surface area contributed by atoms with E-state index in [1.807, 2.05) is 36.4 Å². The zero-order valence-electron chi connectivity index (χ0n) is 16.2. The maximum Gasteiger partial charge on any atom is 0.340 e. The number of carbonyl (C=O) groups excluding carboxylic acids is 2. The Hall–Kier alpha value is -3.60. The molecule has 0 spiro atoms. The number of nitrogens with zero attached hydrogens (tertiary/aromatic N) is 1. The second-order valence-corrected chi connectivity index (χ2v) is 6.96. The molecule has 0 saturated carbocycles. The SMILES string of the molecule is COC(=O)c1cn(CC(=O)NCCc2ccc3ccccc3c2)c2ccccc12. The molecule has 1 heterocycles. The number of fused-ring (bicyclic) bond motifs is 2. The fourth-order valence-electron chi connectivity index (χ4n) is 3.60. The van der Waals surface area contributed by atoms with Crippen molar-refractivity contribution in [2.45, 2.75) is 13.0 Å². The van der Waals surface area contributed by atoms with E-state index in [1.54, 1.807) is 10.8 Å². The Balaban J connectivity index is 1.41. The molecule has 29 heavy (non-hydrogen) atoms. The molecule has 5 nitrogen and oxygen atoms in total. The Morgan fingerprint density at radius 3 is 2.55 bits per heavy atom. The van der Waals surface area contributed by atoms with E-state index < -0.39 is 5.97 Å². The van der Waals surface area contributed by atoms with Crippen molar-refractivity contribution in [1.82, 2.24) is 9.88 Å². The largest absolute Gasteiger partial charge is 0.465 e. The molecular formula is C24H22N2O3. The summed E-state index contributed by atoms with van der Waals surface area (Å²) in [5.41, 5.74) is 2.48. The Morgan fingerprint density at radius 2 is 1.72 bits per heavy atom. The van der Waals surface area contributed by atoms with Crippen LogP contribution in [0.25, 0.3) is 21.7 Å². The van der Waals surface area contributed by atoms with Crippen LogP contribution in [-0.4, -0.2) is 30.1 Å². The Morgan fingerprint density at radius 1 is 0.966 bits per heavy atom. The molecular weight excluding hydrogens is 364 g/mol. The lowest BCUT2D eigenvalue weighted by atomic mass is 10.1. The molecule has 0 atom stereocenters. The Labute approximate surface area is 168 Å². The fraction of sp³-hybridized carbons (Fsp3) is 0.167. The van der Waals surface area contributed by atoms with Gasteiger partial charge in [0, 0.05) is 23.6 Å². The van der Waals surface area contributed by atoms with Crippen molar-refractivity contribution in [2.24, 2.45) is 0 Å². The first-order chi connectivity index (χ1) is 14.2. The minimum Gasteiger partial charge on any atom is -0.465 e. The number of esters is 1. The summed E-state index contributed by atoms with van der Waals surface area (Å²) in [5.74, 6) is -0.500. The topological polar surface area (TPSA) is 60.3 Å². The fourth-order valence-corrected chi connectivity index (χ4v) is 3.60. The molecule has 0 saturated heterocycles. The maximum absolute atomic E-state index is 12.5. The van der Waals surface area contributed by atoms with Crippen molar-refractivity contribution in [3.8, 4) is 0 Å². The first-order valence-corrected chi connectivity index (χ1v) is 9.56. The van der Waals surface area contributed by atoms with E-state index in [-0.39, 0.29) is 12.5 Å². The van der Waals surface area contributed by atoms with Gasteiger partial charge in [-0.2, -0.15) is 0 Å². The summed E-state index contributed by atoms with van der Waals surface area (Å²) in [6, 6.07) is 22.1. The predicted octanol–water partition coefficient (Wildman–Crippen LogP) is 3.94. The number of amides is 1. The lowest BCUT2D eigenvalue weighted by molar-refractivity contribution is -0.121. The van der Waals surface area contributed by atoms with E-state index in [9.17, 15) is 9.59 Å². The molecule has 1 amide bonds. The molecule has 0 bridgehead atoms. The molecule has 5 heteroatoms. The van der Waals surface area contributed by atoms with Crippen LogP contribution < -0.4 is 5.32 Å². The van der Waals surface area contributed by atoms with Crippen molar-refractivity contribution in [1.29, 1.82) is 0 Å². The molecule has 0 aliphatic carbocycles. The van der Waals surface area contributed by atoms with Gasteiger partial charge >= 0.3 is 5.97 Å². The van der Waals surface area contributed by atoms with Gasteiger partial charge in [-0.15, -0.1) is 0 Å². The van der Waals surface area contributed by atoms with Crippen LogP contribution in [0.4, 0.5) is 0 Å². The summed E-state index contributed by atoms with van der Waals surface area (Å²) in [4.78, 5) is 24.5. The second kappa shape index (κ2) is 8.19. The number of hydrogen-bond donors (Lipinski definition) is 1. The molecule has 0 radical (unpaired) electrons. The first kappa shape index (κ1) is 18.7. The third-order valence-electron chi connectivity index (χ3n) is 5.06. The Kier molecular flexibility index (Phi) is 5.29. The van der Waals surface area contributed by atoms with Crippen LogP contribution in [0, 0.1) is 0 Å². The van der Waals surface area contributed by atoms with Gasteiger partial charge < -0.3 is 14.6 Å². The third-order valence-corrected chi connectivity index (χ3v) is 5.06. The van der Waals surface area contributed by atoms with E-state index in [2.05, 4.69) is 35.6 Å². The number of carbonyl (C=O) groups is 2. The van der Waals surface area contributed by atoms with Crippen LogP contribution in [0.5, 0.6) is 0 Å². The summed E-state index contributed by atoms with van der Waals surface area (Å²) >= 11 is 0. The first-order valence-electron chi connectivity index (χ1n) is 9.56. The minimum absolute atomic E-state index is 0.0945. The molecule has 4 aromatic rings. The van der Waals surface area contributed by atoms with E-state index in [4.69, 9.17) is 4.74 Å². The highest BCUT2D eigenvalue weighted by atomic mass is 16.5. The van der Waals surface area contributed by atoms with E-state index >= 15 is 0 Å². The molecule has 0 aliphatic rings. The lowest BCUT2D eigenvalue weighted by Gasteiger charge is -2.08. The van der Waals surface area contributed by atoms with E-state index in [0.717, 1.165) is 17.3 Å². The minimum atomic E-state index is -0.406. The van der Waals surface area contributed by atoms with E-state index in [0.29, 0.717) is 12.1 Å². The molecule has 1 aromatic heterocycles. The number of aromatic nitrogens is 1. The summed E-state index contributed by atoms with van der Waals surface area (Å²) in [5, 5.41) is 6.16. The summed E-state index contributed by atoms with van der Waals surface area (Å²) < 4.78 is 6.64. The Bertz CT molecular complexity index is 1190. The second-order valence-electron chi connectivity index (χ2n) is 6.96. The highest BCUT2D eigenvalue weighted by Gasteiger charge is 2.16. The van der Waals surface area contributed by atoms with Crippen LogP contribution in [0.2, 0.25) is 0 Å². The number of hydrogen-bond acceptors (Lipinski definition) is 3. The van der Waals surface area contributed by atoms with Crippen LogP contribution in [0.15, 0.2) is 72.9 Å². The van der Waals surface area contributed by atoms with Crippen molar-refractivity contribution in [2.75, 3.05) is 13.7 Å². The normalized spacial score (nSPS) is 10.9. The maximum atomic E-state index is 12.5. The summed E-state index contributed by atoms with van der Waals surface area (Å²) in [6.45, 7) is 0.704. The predicted molar refractivity (Wildman–Crippen MR) is 114 cm³/mol. The standard InChI is InChI=1S/C24H22N2O3/c1-29-24(28)21-15-26(22-9-5-4-8-20(21)22)16-23(27)25-13-12-17-10-11-18-6-2-3-7-19(18)14-17/h2-11,14-15H,12-13,16H2,1H3,(H,25,27). The van der Waals surface area contributed by atoms with Gasteiger partial charge in [0.25, 0.3) is 0 Å². The van der Waals surface area contributed by atoms with Crippen LogP contribution in [0.3, 0.4) is 0 Å². The summed E-state index contributed by atoms with van der Waals surface area (Å²) in [6.07, 6.45) is 2.44. The van der Waals surface area contributed by atoms with Gasteiger partial charge in [0.2, 0.25) is 5.91 Å². The van der Waals surface area contributed by atoms with Crippen LogP contribution in [0.1, 0.15) is 15.9 Å². The number of ether oxygens (including phenoxy) is 1. The molecule has 0 fully saturated rings. The molecule has 0 unspecified atom stereocenters. The highest BCUT2D eigenvalue weighted by Crippen LogP contribution is 2.22. The number of nitrogens with one attached hydrogen (secondary N) is 1. The molecule has 1 N–H and O–H groups in total. The van der Waals surface area contributed by atoms with Crippen molar-refractivity contribution in [3.05, 3.63) is 84.1 Å². The van der Waals surface area contributed by atoms with Gasteiger partial charge in [-0.25, -0.2) is 4.79 Å². The van der Waals surface area contributed by atoms with Gasteiger partial charge in [0.15, 0.2) is 0 Å². The highest BCUT2D eigenvalue weighted by molar-refractivity contribution is 6.04. The molecule has 3 aromatic carbocycles. The van der Waals surface area contributed by atoms with Crippen LogP contribution >= 0.6 is 0 Å². The van der Waals surface area contributed by atoms with Crippen molar-refractivity contribution < 1.29 is 14.3 Å². The quantitative estimate of drug-likeness (QED) is 0.511. The molecule has 0 aliphatic heterocycles. The van der Waals surface area contributed by atoms with Gasteiger partial charge in [-0.3, -0.25) is 4.79 Å². The molecule has 4 rings (SSSR count). The average molecular weight is 386 g/mol. The average Bonchev–Trinajstić information content (AvgIpc) is 3.11. The monoisotopic (exact) mass is 386 g/mol.